The van der Waals surface area contributed by atoms with Crippen molar-refractivity contribution in [2.45, 2.75) is 39.2 Å². The molecule has 3 amide bonds. The topological polar surface area (TPSA) is 114 Å². The number of rotatable bonds is 5. The Hall–Kier alpha value is -4.12. The van der Waals surface area contributed by atoms with Gasteiger partial charge in [-0.25, -0.2) is 4.79 Å². The van der Waals surface area contributed by atoms with Crippen LogP contribution in [-0.4, -0.2) is 40.1 Å². The molecule has 1 aliphatic rings. The molecular weight excluding hydrogens is 428 g/mol. The number of nitrogens with zero attached hydrogens (tertiary/aromatic N) is 3. The Bertz CT molecular complexity index is 1220. The normalized spacial score (nSPS) is 13.9. The maximum absolute atomic E-state index is 13.1. The summed E-state index contributed by atoms with van der Waals surface area (Å²) in [4.78, 5) is 27.4. The number of H-pyrrole nitrogens is 1. The summed E-state index contributed by atoms with van der Waals surface area (Å²) in [5, 5.41) is 21.5. The highest BCUT2D eigenvalue weighted by Crippen LogP contribution is 2.29. The van der Waals surface area contributed by atoms with Gasteiger partial charge in [-0.3, -0.25) is 9.89 Å². The molecule has 0 aliphatic carbocycles. The smallest absolute Gasteiger partial charge is 0.319 e. The minimum atomic E-state index is -0.344. The fraction of sp³-hybridized carbons (Fsp3) is 0.308. The van der Waals surface area contributed by atoms with Gasteiger partial charge in [0.15, 0.2) is 0 Å². The number of likely N-dealkylation sites (tertiary alicyclic amines) is 1. The van der Waals surface area contributed by atoms with Crippen LogP contribution in [0.15, 0.2) is 48.5 Å². The number of amides is 3. The molecule has 0 saturated carbocycles. The van der Waals surface area contributed by atoms with Crippen LogP contribution in [0.25, 0.3) is 0 Å². The van der Waals surface area contributed by atoms with Gasteiger partial charge in [-0.05, 0) is 74.1 Å². The fourth-order valence-electron chi connectivity index (χ4n) is 4.23. The maximum atomic E-state index is 13.1. The van der Waals surface area contributed by atoms with E-state index in [4.69, 9.17) is 5.26 Å². The van der Waals surface area contributed by atoms with E-state index < -0.39 is 0 Å². The molecule has 2 heterocycles. The average molecular weight is 457 g/mol. The average Bonchev–Trinajstić information content (AvgIpc) is 3.29. The van der Waals surface area contributed by atoms with Crippen molar-refractivity contribution in [2.75, 3.05) is 18.4 Å². The molecule has 0 unspecified atom stereocenters. The van der Waals surface area contributed by atoms with Crippen LogP contribution in [0.5, 0.6) is 0 Å². The van der Waals surface area contributed by atoms with Crippen molar-refractivity contribution in [1.29, 1.82) is 5.26 Å². The molecule has 174 valence electrons. The van der Waals surface area contributed by atoms with Crippen LogP contribution in [0.2, 0.25) is 0 Å². The lowest BCUT2D eigenvalue weighted by Crippen LogP contribution is -2.38. The number of urea groups is 1. The minimum absolute atomic E-state index is 0.0327. The van der Waals surface area contributed by atoms with Crippen molar-refractivity contribution in [2.24, 2.45) is 0 Å². The van der Waals surface area contributed by atoms with Gasteiger partial charge >= 0.3 is 6.03 Å². The number of hydrogen-bond donors (Lipinski definition) is 3. The number of aromatic nitrogens is 2. The van der Waals surface area contributed by atoms with Crippen molar-refractivity contribution in [3.63, 3.8) is 0 Å². The first kappa shape index (κ1) is 23.1. The molecule has 8 nitrogen and oxygen atoms in total. The largest absolute Gasteiger partial charge is 0.339 e. The number of nitriles is 1. The van der Waals surface area contributed by atoms with Crippen LogP contribution in [0.1, 0.15) is 57.2 Å². The van der Waals surface area contributed by atoms with Gasteiger partial charge in [0, 0.05) is 24.3 Å². The number of aryl methyl sites for hydroxylation is 2. The number of carbonyl (C=O) groups is 2. The summed E-state index contributed by atoms with van der Waals surface area (Å²) in [5.74, 6) is 0.351. The first-order valence-electron chi connectivity index (χ1n) is 11.4. The summed E-state index contributed by atoms with van der Waals surface area (Å²) in [6.45, 7) is 5.44. The number of benzene rings is 2. The lowest BCUT2D eigenvalue weighted by Gasteiger charge is -2.32. The van der Waals surface area contributed by atoms with Gasteiger partial charge in [0.2, 0.25) is 0 Å². The first-order valence-corrected chi connectivity index (χ1v) is 11.4. The van der Waals surface area contributed by atoms with Crippen LogP contribution < -0.4 is 10.6 Å². The van der Waals surface area contributed by atoms with E-state index in [1.54, 1.807) is 12.1 Å². The van der Waals surface area contributed by atoms with E-state index in [1.165, 1.54) is 5.56 Å². The van der Waals surface area contributed by atoms with E-state index in [-0.39, 0.29) is 11.9 Å². The third kappa shape index (κ3) is 5.44. The Labute approximate surface area is 199 Å². The van der Waals surface area contributed by atoms with Gasteiger partial charge < -0.3 is 15.5 Å². The van der Waals surface area contributed by atoms with Crippen molar-refractivity contribution < 1.29 is 9.59 Å². The van der Waals surface area contributed by atoms with Gasteiger partial charge in [-0.15, -0.1) is 0 Å². The van der Waals surface area contributed by atoms with Gasteiger partial charge in [-0.1, -0.05) is 18.2 Å². The van der Waals surface area contributed by atoms with Crippen LogP contribution in [-0.2, 0) is 6.54 Å². The highest BCUT2D eigenvalue weighted by atomic mass is 16.2. The number of carbonyl (C=O) groups excluding carboxylic acids is 2. The molecule has 2 aromatic carbocycles. The second-order valence-corrected chi connectivity index (χ2v) is 8.67. The molecule has 0 atom stereocenters. The first-order chi connectivity index (χ1) is 16.4. The summed E-state index contributed by atoms with van der Waals surface area (Å²) in [6.07, 6.45) is 1.76. The maximum Gasteiger partial charge on any atom is 0.319 e. The van der Waals surface area contributed by atoms with E-state index >= 15 is 0 Å². The van der Waals surface area contributed by atoms with Crippen molar-refractivity contribution >= 4 is 17.6 Å². The molecule has 1 aromatic heterocycles. The number of piperidine rings is 1. The molecule has 0 spiro atoms. The summed E-state index contributed by atoms with van der Waals surface area (Å²) in [5.41, 5.74) is 5.59. The summed E-state index contributed by atoms with van der Waals surface area (Å²) >= 11 is 0. The Morgan fingerprint density at radius 2 is 1.85 bits per heavy atom. The monoisotopic (exact) mass is 456 g/mol. The Balaban J connectivity index is 1.34. The summed E-state index contributed by atoms with van der Waals surface area (Å²) in [6, 6.07) is 16.8. The Morgan fingerprint density at radius 3 is 2.50 bits per heavy atom. The van der Waals surface area contributed by atoms with E-state index in [1.807, 2.05) is 55.1 Å². The number of anilines is 1. The lowest BCUT2D eigenvalue weighted by molar-refractivity contribution is 0.0713. The van der Waals surface area contributed by atoms with Crippen LogP contribution >= 0.6 is 0 Å². The quantitative estimate of drug-likeness (QED) is 0.533. The highest BCUT2D eigenvalue weighted by Gasteiger charge is 2.25. The molecule has 4 rings (SSSR count). The van der Waals surface area contributed by atoms with Gasteiger partial charge in [-0.2, -0.15) is 10.4 Å². The molecule has 1 saturated heterocycles. The third-order valence-corrected chi connectivity index (χ3v) is 6.22. The third-order valence-electron chi connectivity index (χ3n) is 6.22. The second kappa shape index (κ2) is 10.2. The van der Waals surface area contributed by atoms with Crippen LogP contribution in [0.4, 0.5) is 10.5 Å². The zero-order chi connectivity index (χ0) is 24.1. The van der Waals surface area contributed by atoms with Crippen molar-refractivity contribution in [3.8, 4) is 6.07 Å². The van der Waals surface area contributed by atoms with Crippen LogP contribution in [0, 0.1) is 25.2 Å². The van der Waals surface area contributed by atoms with Crippen molar-refractivity contribution in [1.82, 2.24) is 20.4 Å². The number of nitrogens with one attached hydrogen (secondary N) is 3. The molecule has 34 heavy (non-hydrogen) atoms. The molecule has 8 heteroatoms. The molecule has 1 aliphatic heterocycles. The van der Waals surface area contributed by atoms with Crippen LogP contribution in [0.3, 0.4) is 0 Å². The number of aromatic amines is 1. The molecular formula is C26H28N6O2. The highest BCUT2D eigenvalue weighted by molar-refractivity contribution is 5.97. The van der Waals surface area contributed by atoms with E-state index in [0.717, 1.165) is 29.8 Å². The molecule has 1 fully saturated rings. The Kier molecular flexibility index (Phi) is 6.93. The van der Waals surface area contributed by atoms with Gasteiger partial charge in [0.1, 0.15) is 0 Å². The zero-order valence-corrected chi connectivity index (χ0v) is 19.4. The number of hydrogen-bond acceptors (Lipinski definition) is 4. The summed E-state index contributed by atoms with van der Waals surface area (Å²) in [7, 11) is 0. The molecule has 0 radical (unpaired) electrons. The van der Waals surface area contributed by atoms with Gasteiger partial charge in [0.25, 0.3) is 5.91 Å². The standard InChI is InChI=1S/C26H28N6O2/c1-17-3-6-22(14-24(17)29-26(34)28-16-23-13-18(2)30-31-23)25(33)32-11-9-21(10-12-32)20-7-4-19(15-27)5-8-20/h3-8,13-14,21H,9-12,16H2,1-2H3,(H,30,31)(H2,28,29,34). The SMILES string of the molecule is Cc1cc(CNC(=O)Nc2cc(C(=O)N3CCC(c4ccc(C#N)cc4)CC3)ccc2C)[nH]n1. The Morgan fingerprint density at radius 1 is 1.12 bits per heavy atom. The van der Waals surface area contributed by atoms with E-state index in [0.29, 0.717) is 42.4 Å². The molecule has 3 aromatic rings. The predicted octanol–water partition coefficient (Wildman–Crippen LogP) is 4.24. The fourth-order valence-corrected chi connectivity index (χ4v) is 4.23. The van der Waals surface area contributed by atoms with Crippen molar-refractivity contribution in [3.05, 3.63) is 82.2 Å². The summed E-state index contributed by atoms with van der Waals surface area (Å²) < 4.78 is 0. The lowest BCUT2D eigenvalue weighted by atomic mass is 9.89. The van der Waals surface area contributed by atoms with Gasteiger partial charge in [0.05, 0.1) is 29.6 Å². The molecule has 3 N–H and O–H groups in total. The minimum Gasteiger partial charge on any atom is -0.339 e. The van der Waals surface area contributed by atoms with E-state index in [9.17, 15) is 9.59 Å². The second-order valence-electron chi connectivity index (χ2n) is 8.67. The zero-order valence-electron chi connectivity index (χ0n) is 19.4. The predicted molar refractivity (Wildman–Crippen MR) is 129 cm³/mol. The molecule has 0 bridgehead atoms. The van der Waals surface area contributed by atoms with E-state index in [2.05, 4.69) is 26.9 Å².